The van der Waals surface area contributed by atoms with E-state index in [0.29, 0.717) is 12.4 Å². The van der Waals surface area contributed by atoms with Crippen LogP contribution in [-0.4, -0.2) is 23.0 Å². The second kappa shape index (κ2) is 8.78. The molecule has 0 saturated heterocycles. The van der Waals surface area contributed by atoms with Crippen LogP contribution in [0.15, 0.2) is 88.9 Å². The van der Waals surface area contributed by atoms with E-state index in [1.165, 1.54) is 12.3 Å². The molecule has 1 aliphatic carbocycles. The zero-order valence-corrected chi connectivity index (χ0v) is 14.3. The predicted octanol–water partition coefficient (Wildman–Crippen LogP) is 3.98. The Morgan fingerprint density at radius 1 is 1.36 bits per heavy atom. The Labute approximate surface area is 148 Å². The zero-order chi connectivity index (χ0) is 18.2. The van der Waals surface area contributed by atoms with Crippen LogP contribution in [0.25, 0.3) is 0 Å². The van der Waals surface area contributed by atoms with Crippen molar-refractivity contribution in [2.24, 2.45) is 22.6 Å². The molecule has 2 atom stereocenters. The minimum absolute atomic E-state index is 0.0829. The van der Waals surface area contributed by atoms with Crippen LogP contribution in [0.1, 0.15) is 13.3 Å². The lowest BCUT2D eigenvalue weighted by molar-refractivity contribution is 0.136. The molecule has 4 N–H and O–H groups in total. The van der Waals surface area contributed by atoms with Gasteiger partial charge in [-0.25, -0.2) is 0 Å². The summed E-state index contributed by atoms with van der Waals surface area (Å²) in [6.45, 7) is 6.14. The zero-order valence-electron chi connectivity index (χ0n) is 14.3. The molecule has 132 valence electrons. The molecular weight excluding hydrogens is 316 g/mol. The van der Waals surface area contributed by atoms with E-state index in [1.807, 2.05) is 12.2 Å². The third-order valence-electron chi connectivity index (χ3n) is 4.18. The molecule has 0 saturated carbocycles. The molecule has 0 aromatic heterocycles. The first-order valence-corrected chi connectivity index (χ1v) is 8.09. The highest BCUT2D eigenvalue weighted by molar-refractivity contribution is 5.71. The quantitative estimate of drug-likeness (QED) is 0.504. The number of hydrogen-bond acceptors (Lipinski definition) is 5. The van der Waals surface area contributed by atoms with Crippen molar-refractivity contribution in [2.45, 2.75) is 13.3 Å². The molecule has 0 aromatic carbocycles. The van der Waals surface area contributed by atoms with Gasteiger partial charge in [0.25, 0.3) is 0 Å². The van der Waals surface area contributed by atoms with Gasteiger partial charge in [0.05, 0.1) is 18.6 Å². The fourth-order valence-electron chi connectivity index (χ4n) is 3.30. The highest BCUT2D eigenvalue weighted by atomic mass is 16.5. The van der Waals surface area contributed by atoms with Gasteiger partial charge in [-0.15, -0.1) is 0 Å². The standard InChI is InChI=1S/C20H24N2O3/c1-3-17-15(11-14(2)24)12-16-13-25-19(6-10-23)18(20(16)17)5-9-22-8-4-7-21/h3-11,16,20,23-24H,1,12-13,21H2,2H3/b7-4?,9-5+,10-6+,14-11+,22-8?. The van der Waals surface area contributed by atoms with Crippen LogP contribution >= 0.6 is 0 Å². The lowest BCUT2D eigenvalue weighted by atomic mass is 9.82. The molecule has 5 nitrogen and oxygen atoms in total. The van der Waals surface area contributed by atoms with E-state index in [9.17, 15) is 5.11 Å². The smallest absolute Gasteiger partial charge is 0.126 e. The Morgan fingerprint density at radius 2 is 2.16 bits per heavy atom. The van der Waals surface area contributed by atoms with Crippen molar-refractivity contribution in [2.75, 3.05) is 6.61 Å². The lowest BCUT2D eigenvalue weighted by Crippen LogP contribution is -2.24. The first-order chi connectivity index (χ1) is 12.1. The average Bonchev–Trinajstić information content (AvgIpc) is 2.92. The molecule has 5 heteroatoms. The van der Waals surface area contributed by atoms with Gasteiger partial charge in [0.1, 0.15) is 5.76 Å². The summed E-state index contributed by atoms with van der Waals surface area (Å²) >= 11 is 0. The highest BCUT2D eigenvalue weighted by Crippen LogP contribution is 2.47. The van der Waals surface area contributed by atoms with E-state index in [0.717, 1.165) is 29.4 Å². The summed E-state index contributed by atoms with van der Waals surface area (Å²) in [7, 11) is 0. The maximum absolute atomic E-state index is 9.64. The highest BCUT2D eigenvalue weighted by Gasteiger charge is 2.39. The third kappa shape index (κ3) is 4.32. The number of hydrogen-bond donors (Lipinski definition) is 3. The first kappa shape index (κ1) is 18.4. The van der Waals surface area contributed by atoms with Gasteiger partial charge in [-0.2, -0.15) is 0 Å². The van der Waals surface area contributed by atoms with Crippen molar-refractivity contribution >= 4 is 6.21 Å². The van der Waals surface area contributed by atoms with E-state index in [4.69, 9.17) is 15.6 Å². The van der Waals surface area contributed by atoms with Crippen molar-refractivity contribution in [1.29, 1.82) is 0 Å². The number of aliphatic imine (C=N–C) groups is 1. The molecule has 1 aliphatic heterocycles. The Hall–Kier alpha value is -2.95. The number of rotatable bonds is 6. The molecule has 0 aromatic rings. The van der Waals surface area contributed by atoms with E-state index >= 15 is 0 Å². The molecule has 1 heterocycles. The second-order valence-corrected chi connectivity index (χ2v) is 5.86. The first-order valence-electron chi connectivity index (χ1n) is 8.09. The molecule has 0 radical (unpaired) electrons. The predicted molar refractivity (Wildman–Crippen MR) is 101 cm³/mol. The van der Waals surface area contributed by atoms with Gasteiger partial charge >= 0.3 is 0 Å². The van der Waals surface area contributed by atoms with E-state index in [-0.39, 0.29) is 17.6 Å². The van der Waals surface area contributed by atoms with Crippen molar-refractivity contribution in [3.05, 3.63) is 83.9 Å². The Bertz CT molecular complexity index is 717. The summed E-state index contributed by atoms with van der Waals surface area (Å²) in [6.07, 6.45) is 15.1. The van der Waals surface area contributed by atoms with Gasteiger partial charge in [0.15, 0.2) is 0 Å². The molecule has 0 fully saturated rings. The Morgan fingerprint density at radius 3 is 2.80 bits per heavy atom. The number of nitrogens with two attached hydrogens (primary N) is 1. The maximum atomic E-state index is 9.64. The number of nitrogens with zero attached hydrogens (tertiary/aromatic N) is 1. The summed E-state index contributed by atoms with van der Waals surface area (Å²) < 4.78 is 5.82. The van der Waals surface area contributed by atoms with E-state index in [1.54, 1.807) is 31.5 Å². The molecule has 2 rings (SSSR count). The summed E-state index contributed by atoms with van der Waals surface area (Å²) in [5.74, 6) is 1.21. The van der Waals surface area contributed by atoms with Crippen LogP contribution < -0.4 is 5.73 Å². The molecule has 2 unspecified atom stereocenters. The van der Waals surface area contributed by atoms with Crippen molar-refractivity contribution in [3.8, 4) is 0 Å². The molecule has 0 spiro atoms. The minimum Gasteiger partial charge on any atom is -0.515 e. The molecular formula is C20H24N2O3. The van der Waals surface area contributed by atoms with Gasteiger partial charge in [-0.05, 0) is 48.9 Å². The maximum Gasteiger partial charge on any atom is 0.126 e. The van der Waals surface area contributed by atoms with Crippen LogP contribution in [0, 0.1) is 11.8 Å². The summed E-state index contributed by atoms with van der Waals surface area (Å²) in [5.41, 5.74) is 8.32. The SMILES string of the molecule is C=CC1=C(/C=C(\C)O)CC2COC(/C=C/O)=C(/C=C/N=CC=CN)C12. The minimum atomic E-state index is 0.0829. The average molecular weight is 340 g/mol. The summed E-state index contributed by atoms with van der Waals surface area (Å²) in [5, 5.41) is 18.8. The summed E-state index contributed by atoms with van der Waals surface area (Å²) in [4.78, 5) is 4.14. The largest absolute Gasteiger partial charge is 0.515 e. The number of allylic oxidation sites excluding steroid dienone is 9. The molecule has 0 amide bonds. The van der Waals surface area contributed by atoms with Gasteiger partial charge in [-0.1, -0.05) is 12.7 Å². The molecule has 2 aliphatic rings. The third-order valence-corrected chi connectivity index (χ3v) is 4.18. The number of aliphatic hydroxyl groups excluding tert-OH is 2. The fraction of sp³-hybridized carbons (Fsp3) is 0.250. The Balaban J connectivity index is 2.46. The van der Waals surface area contributed by atoms with Crippen LogP contribution in [0.4, 0.5) is 0 Å². The van der Waals surface area contributed by atoms with Gasteiger partial charge in [0.2, 0.25) is 0 Å². The monoisotopic (exact) mass is 340 g/mol. The number of fused-ring (bicyclic) bond motifs is 1. The fourth-order valence-corrected chi connectivity index (χ4v) is 3.30. The number of ether oxygens (including phenoxy) is 1. The van der Waals surface area contributed by atoms with E-state index in [2.05, 4.69) is 11.6 Å². The van der Waals surface area contributed by atoms with Crippen LogP contribution in [0.2, 0.25) is 0 Å². The van der Waals surface area contributed by atoms with Crippen molar-refractivity contribution in [3.63, 3.8) is 0 Å². The van der Waals surface area contributed by atoms with Crippen LogP contribution in [-0.2, 0) is 4.74 Å². The van der Waals surface area contributed by atoms with Crippen molar-refractivity contribution < 1.29 is 14.9 Å². The van der Waals surface area contributed by atoms with E-state index < -0.39 is 0 Å². The topological polar surface area (TPSA) is 88.1 Å². The van der Waals surface area contributed by atoms with Gasteiger partial charge in [-0.3, -0.25) is 4.99 Å². The van der Waals surface area contributed by atoms with Gasteiger partial charge < -0.3 is 20.7 Å². The normalized spacial score (nSPS) is 24.9. The lowest BCUT2D eigenvalue weighted by Gasteiger charge is -2.30. The Kier molecular flexibility index (Phi) is 6.46. The molecule has 0 bridgehead atoms. The van der Waals surface area contributed by atoms with Crippen molar-refractivity contribution in [1.82, 2.24) is 0 Å². The number of aliphatic hydroxyl groups is 2. The molecule has 25 heavy (non-hydrogen) atoms. The van der Waals surface area contributed by atoms with Gasteiger partial charge in [0, 0.05) is 35.9 Å². The summed E-state index contributed by atoms with van der Waals surface area (Å²) in [6, 6.07) is 0. The van der Waals surface area contributed by atoms with Crippen LogP contribution in [0.5, 0.6) is 0 Å². The van der Waals surface area contributed by atoms with Crippen LogP contribution in [0.3, 0.4) is 0 Å². The second-order valence-electron chi connectivity index (χ2n) is 5.86.